The highest BCUT2D eigenvalue weighted by Gasteiger charge is 2.14. The minimum atomic E-state index is 0.00861. The second kappa shape index (κ2) is 5.84. The molecule has 2 nitrogen and oxygen atoms in total. The van der Waals surface area contributed by atoms with E-state index in [1.165, 1.54) is 0 Å². The van der Waals surface area contributed by atoms with Crippen LogP contribution >= 0.6 is 0 Å². The summed E-state index contributed by atoms with van der Waals surface area (Å²) >= 11 is 0. The molecule has 0 spiro atoms. The van der Waals surface area contributed by atoms with E-state index in [9.17, 15) is 5.02 Å². The maximum atomic E-state index is 9.93. The molecule has 0 bridgehead atoms. The van der Waals surface area contributed by atoms with Crippen molar-refractivity contribution in [3.05, 3.63) is 78.4 Å². The molecule has 0 heterocycles. The lowest BCUT2D eigenvalue weighted by molar-refractivity contribution is 0.616. The van der Waals surface area contributed by atoms with Crippen LogP contribution in [0.25, 0.3) is 32.7 Å². The van der Waals surface area contributed by atoms with Crippen molar-refractivity contribution in [1.82, 2.24) is 0 Å². The highest BCUT2D eigenvalue weighted by molar-refractivity contribution is 6.55. The minimum Gasteiger partial charge on any atom is -0.449 e. The van der Waals surface area contributed by atoms with Gasteiger partial charge in [0.25, 0.3) is 0 Å². The number of nitriles is 1. The van der Waals surface area contributed by atoms with Crippen molar-refractivity contribution in [2.75, 3.05) is 0 Å². The average Bonchev–Trinajstić information content (AvgIpc) is 2.66. The lowest BCUT2D eigenvalue weighted by atomic mass is 9.77. The maximum absolute atomic E-state index is 9.93. The van der Waals surface area contributed by atoms with Gasteiger partial charge in [0, 0.05) is 0 Å². The average molecular weight is 307 g/mol. The molecule has 112 valence electrons. The largest absolute Gasteiger partial charge is 0.449 e. The summed E-state index contributed by atoms with van der Waals surface area (Å²) in [5, 5.41) is 23.3. The van der Waals surface area contributed by atoms with Gasteiger partial charge in [0.15, 0.2) is 0 Å². The number of nitrogens with zero attached hydrogens (tertiary/aromatic N) is 1. The summed E-state index contributed by atoms with van der Waals surface area (Å²) < 4.78 is 0. The predicted octanol–water partition coefficient (Wildman–Crippen LogP) is 3.50. The third-order valence-electron chi connectivity index (χ3n) is 4.50. The van der Waals surface area contributed by atoms with E-state index in [1.54, 1.807) is 0 Å². The number of benzene rings is 4. The number of hydrogen-bond acceptors (Lipinski definition) is 2. The Kier molecular flexibility index (Phi) is 3.53. The Hall–Kier alpha value is -3.09. The Bertz CT molecular complexity index is 1040. The molecule has 4 aromatic rings. The first-order chi connectivity index (χ1) is 11.8. The number of rotatable bonds is 2. The minimum absolute atomic E-state index is 0.00861. The van der Waals surface area contributed by atoms with Gasteiger partial charge in [-0.3, -0.25) is 0 Å². The molecular formula is C21H14BNO. The van der Waals surface area contributed by atoms with Crippen molar-refractivity contribution in [3.8, 4) is 17.2 Å². The van der Waals surface area contributed by atoms with Crippen molar-refractivity contribution in [2.45, 2.75) is 0 Å². The summed E-state index contributed by atoms with van der Waals surface area (Å²) in [7, 11) is 0.00861. The fraction of sp³-hybridized carbons (Fsp3) is 0. The normalized spacial score (nSPS) is 10.7. The summed E-state index contributed by atoms with van der Waals surface area (Å²) in [5.74, 6) is 0. The highest BCUT2D eigenvalue weighted by Crippen LogP contribution is 2.35. The fourth-order valence-electron chi connectivity index (χ4n) is 3.41. The van der Waals surface area contributed by atoms with Gasteiger partial charge in [0.1, 0.15) is 0 Å². The Morgan fingerprint density at radius 3 is 1.67 bits per heavy atom. The van der Waals surface area contributed by atoms with Gasteiger partial charge in [-0.15, -0.1) is 0 Å². The summed E-state index contributed by atoms with van der Waals surface area (Å²) in [4.78, 5) is 0. The molecule has 0 atom stereocenters. The van der Waals surface area contributed by atoms with Crippen molar-refractivity contribution in [3.63, 3.8) is 0 Å². The Morgan fingerprint density at radius 1 is 0.708 bits per heavy atom. The van der Waals surface area contributed by atoms with E-state index >= 15 is 0 Å². The molecule has 0 saturated carbocycles. The third-order valence-corrected chi connectivity index (χ3v) is 4.50. The molecule has 0 fully saturated rings. The Morgan fingerprint density at radius 2 is 1.21 bits per heavy atom. The van der Waals surface area contributed by atoms with Crippen LogP contribution in [0, 0.1) is 11.3 Å². The lowest BCUT2D eigenvalue weighted by Crippen LogP contribution is -2.16. The van der Waals surface area contributed by atoms with Gasteiger partial charge < -0.3 is 5.02 Å². The summed E-state index contributed by atoms with van der Waals surface area (Å²) in [6, 6.07) is 26.2. The van der Waals surface area contributed by atoms with Crippen molar-refractivity contribution < 1.29 is 5.02 Å². The monoisotopic (exact) mass is 307 g/mol. The van der Waals surface area contributed by atoms with Crippen LogP contribution in [0.3, 0.4) is 0 Å². The molecule has 4 rings (SSSR count). The quantitative estimate of drug-likeness (QED) is 0.455. The van der Waals surface area contributed by atoms with Crippen LogP contribution in [0.15, 0.2) is 72.8 Å². The lowest BCUT2D eigenvalue weighted by Gasteiger charge is -2.15. The van der Waals surface area contributed by atoms with Gasteiger partial charge in [-0.1, -0.05) is 60.7 Å². The molecule has 0 aliphatic heterocycles. The molecular weight excluding hydrogens is 293 g/mol. The van der Waals surface area contributed by atoms with E-state index in [0.717, 1.165) is 38.1 Å². The number of hydrogen-bond donors (Lipinski definition) is 1. The summed E-state index contributed by atoms with van der Waals surface area (Å²) in [6.07, 6.45) is 0. The Labute approximate surface area is 140 Å². The molecule has 0 radical (unpaired) electrons. The van der Waals surface area contributed by atoms with Gasteiger partial charge in [-0.25, -0.2) is 0 Å². The maximum Gasteiger partial charge on any atom is 0.306 e. The van der Waals surface area contributed by atoms with Crippen LogP contribution in [0.1, 0.15) is 5.56 Å². The summed E-state index contributed by atoms with van der Waals surface area (Å²) in [5.41, 5.74) is 3.83. The van der Waals surface area contributed by atoms with Crippen LogP contribution in [0.5, 0.6) is 0 Å². The zero-order valence-electron chi connectivity index (χ0n) is 13.0. The second-order valence-electron chi connectivity index (χ2n) is 5.79. The number of fused-ring (bicyclic) bond motifs is 2. The Balaban J connectivity index is 2.18. The van der Waals surface area contributed by atoms with Crippen LogP contribution in [-0.2, 0) is 0 Å². The molecule has 3 heteroatoms. The summed E-state index contributed by atoms with van der Waals surface area (Å²) in [6.45, 7) is 0. The third kappa shape index (κ3) is 2.17. The smallest absolute Gasteiger partial charge is 0.306 e. The van der Waals surface area contributed by atoms with E-state index in [-0.39, 0.29) is 7.48 Å². The zero-order valence-corrected chi connectivity index (χ0v) is 13.0. The van der Waals surface area contributed by atoms with Gasteiger partial charge in [-0.05, 0) is 50.3 Å². The van der Waals surface area contributed by atoms with Crippen LogP contribution in [-0.4, -0.2) is 12.5 Å². The molecule has 4 aromatic carbocycles. The first-order valence-electron chi connectivity index (χ1n) is 7.87. The van der Waals surface area contributed by atoms with E-state index in [4.69, 9.17) is 5.26 Å². The fourth-order valence-corrected chi connectivity index (χ4v) is 3.41. The highest BCUT2D eigenvalue weighted by atomic mass is 16.2. The molecule has 0 saturated heterocycles. The molecule has 0 amide bonds. The molecule has 0 aliphatic carbocycles. The van der Waals surface area contributed by atoms with Crippen molar-refractivity contribution in [1.29, 1.82) is 5.26 Å². The van der Waals surface area contributed by atoms with Crippen LogP contribution < -0.4 is 5.46 Å². The molecule has 0 aromatic heterocycles. The standard InChI is InChI=1S/C21H14BNO/c23-13-14-9-11-15(12-10-14)20-16-5-1-3-7-18(16)21(22-24)19-8-4-2-6-17(19)20/h1-12,22,24H. The zero-order chi connectivity index (χ0) is 16.5. The topological polar surface area (TPSA) is 44.0 Å². The van der Waals surface area contributed by atoms with Crippen molar-refractivity contribution >= 4 is 34.5 Å². The molecule has 0 aliphatic rings. The molecule has 0 unspecified atom stereocenters. The van der Waals surface area contributed by atoms with E-state index in [0.29, 0.717) is 5.56 Å². The van der Waals surface area contributed by atoms with Crippen LogP contribution in [0.4, 0.5) is 0 Å². The first kappa shape index (κ1) is 14.5. The van der Waals surface area contributed by atoms with Crippen LogP contribution in [0.2, 0.25) is 0 Å². The van der Waals surface area contributed by atoms with Gasteiger partial charge in [0.2, 0.25) is 0 Å². The first-order valence-corrected chi connectivity index (χ1v) is 7.87. The van der Waals surface area contributed by atoms with Gasteiger partial charge >= 0.3 is 7.48 Å². The molecule has 24 heavy (non-hydrogen) atoms. The van der Waals surface area contributed by atoms with E-state index in [2.05, 4.69) is 30.3 Å². The SMILES string of the molecule is N#Cc1ccc(-c2c3ccccc3c(BO)c3ccccc23)cc1. The van der Waals surface area contributed by atoms with Gasteiger partial charge in [-0.2, -0.15) is 5.26 Å². The van der Waals surface area contributed by atoms with E-state index in [1.807, 2.05) is 48.5 Å². The van der Waals surface area contributed by atoms with Crippen molar-refractivity contribution in [2.24, 2.45) is 0 Å². The molecule has 1 N–H and O–H groups in total. The van der Waals surface area contributed by atoms with E-state index < -0.39 is 0 Å². The van der Waals surface area contributed by atoms with Gasteiger partial charge in [0.05, 0.1) is 11.6 Å². The second-order valence-corrected chi connectivity index (χ2v) is 5.79. The predicted molar refractivity (Wildman–Crippen MR) is 101 cm³/mol.